The van der Waals surface area contributed by atoms with Gasteiger partial charge >= 0.3 is 0 Å². The summed E-state index contributed by atoms with van der Waals surface area (Å²) in [6.45, 7) is 9.81. The Kier molecular flexibility index (Phi) is 7.60. The third-order valence-corrected chi connectivity index (χ3v) is 2.11. The SMILES string of the molecule is CC(C)COc1ccc(N)cc1OCC(C)C.[Cl-]. The molecule has 104 valence electrons. The van der Waals surface area contributed by atoms with Crippen molar-refractivity contribution in [2.75, 3.05) is 18.9 Å². The van der Waals surface area contributed by atoms with Gasteiger partial charge in [0, 0.05) is 11.8 Å². The zero-order valence-electron chi connectivity index (χ0n) is 11.6. The highest BCUT2D eigenvalue weighted by Gasteiger charge is 2.07. The number of anilines is 1. The molecule has 0 radical (unpaired) electrons. The number of benzene rings is 1. The van der Waals surface area contributed by atoms with E-state index in [0.29, 0.717) is 30.7 Å². The molecule has 0 unspecified atom stereocenters. The van der Waals surface area contributed by atoms with Crippen molar-refractivity contribution in [2.45, 2.75) is 27.7 Å². The smallest absolute Gasteiger partial charge is 0.163 e. The number of hydrogen-bond acceptors (Lipinski definition) is 3. The average molecular weight is 273 g/mol. The highest BCUT2D eigenvalue weighted by Crippen LogP contribution is 2.30. The first-order valence-corrected chi connectivity index (χ1v) is 6.14. The highest BCUT2D eigenvalue weighted by atomic mass is 35.5. The van der Waals surface area contributed by atoms with Gasteiger partial charge in [0.2, 0.25) is 0 Å². The van der Waals surface area contributed by atoms with E-state index in [9.17, 15) is 0 Å². The first kappa shape index (κ1) is 16.9. The van der Waals surface area contributed by atoms with Crippen molar-refractivity contribution >= 4 is 5.69 Å². The molecule has 18 heavy (non-hydrogen) atoms. The fourth-order valence-corrected chi connectivity index (χ4v) is 1.27. The first-order chi connectivity index (χ1) is 7.99. The van der Waals surface area contributed by atoms with Crippen LogP contribution in [-0.4, -0.2) is 13.2 Å². The van der Waals surface area contributed by atoms with Crippen molar-refractivity contribution in [1.82, 2.24) is 0 Å². The first-order valence-electron chi connectivity index (χ1n) is 6.14. The van der Waals surface area contributed by atoms with E-state index in [1.807, 2.05) is 18.2 Å². The van der Waals surface area contributed by atoms with Crippen LogP contribution >= 0.6 is 0 Å². The van der Waals surface area contributed by atoms with E-state index in [4.69, 9.17) is 15.2 Å². The van der Waals surface area contributed by atoms with Crippen LogP contribution in [0.2, 0.25) is 0 Å². The van der Waals surface area contributed by atoms with E-state index in [0.717, 1.165) is 11.5 Å². The summed E-state index contributed by atoms with van der Waals surface area (Å²) in [7, 11) is 0. The Balaban J connectivity index is 0.00000289. The van der Waals surface area contributed by atoms with Crippen LogP contribution < -0.4 is 27.6 Å². The van der Waals surface area contributed by atoms with Gasteiger partial charge in [0.15, 0.2) is 11.5 Å². The normalized spacial score (nSPS) is 10.3. The molecule has 0 bridgehead atoms. The number of rotatable bonds is 6. The fourth-order valence-electron chi connectivity index (χ4n) is 1.27. The van der Waals surface area contributed by atoms with Crippen molar-refractivity contribution in [1.29, 1.82) is 0 Å². The van der Waals surface area contributed by atoms with Gasteiger partial charge in [0.25, 0.3) is 0 Å². The average Bonchev–Trinajstić information content (AvgIpc) is 2.24. The summed E-state index contributed by atoms with van der Waals surface area (Å²) in [6.07, 6.45) is 0. The lowest BCUT2D eigenvalue weighted by Crippen LogP contribution is -3.00. The van der Waals surface area contributed by atoms with Gasteiger partial charge in [-0.15, -0.1) is 0 Å². The maximum atomic E-state index is 5.75. The lowest BCUT2D eigenvalue weighted by atomic mass is 10.2. The van der Waals surface area contributed by atoms with E-state index in [-0.39, 0.29) is 12.4 Å². The molecule has 0 aliphatic heterocycles. The van der Waals surface area contributed by atoms with E-state index < -0.39 is 0 Å². The molecular formula is C14H23ClNO2-. The number of halogens is 1. The van der Waals surface area contributed by atoms with Gasteiger partial charge in [-0.25, -0.2) is 0 Å². The Morgan fingerprint density at radius 1 is 0.944 bits per heavy atom. The Morgan fingerprint density at radius 2 is 1.44 bits per heavy atom. The molecule has 0 saturated carbocycles. The third-order valence-electron chi connectivity index (χ3n) is 2.11. The van der Waals surface area contributed by atoms with Crippen LogP contribution in [0.4, 0.5) is 5.69 Å². The van der Waals surface area contributed by atoms with Gasteiger partial charge in [-0.3, -0.25) is 0 Å². The molecule has 0 aliphatic rings. The summed E-state index contributed by atoms with van der Waals surface area (Å²) < 4.78 is 11.4. The second-order valence-corrected chi connectivity index (χ2v) is 5.12. The van der Waals surface area contributed by atoms with Crippen molar-refractivity contribution in [3.05, 3.63) is 18.2 Å². The monoisotopic (exact) mass is 272 g/mol. The molecule has 0 fully saturated rings. The largest absolute Gasteiger partial charge is 1.00 e. The molecule has 4 heteroatoms. The molecule has 1 aromatic carbocycles. The zero-order valence-corrected chi connectivity index (χ0v) is 12.3. The maximum Gasteiger partial charge on any atom is 0.163 e. The Hall–Kier alpha value is -1.09. The van der Waals surface area contributed by atoms with Crippen molar-refractivity contribution < 1.29 is 21.9 Å². The number of nitrogens with two attached hydrogens (primary N) is 1. The van der Waals surface area contributed by atoms with E-state index in [2.05, 4.69) is 27.7 Å². The van der Waals surface area contributed by atoms with Gasteiger partial charge in [-0.1, -0.05) is 27.7 Å². The van der Waals surface area contributed by atoms with Gasteiger partial charge in [0.05, 0.1) is 13.2 Å². The topological polar surface area (TPSA) is 44.5 Å². The summed E-state index contributed by atoms with van der Waals surface area (Å²) in [5.41, 5.74) is 6.45. The molecule has 0 saturated heterocycles. The highest BCUT2D eigenvalue weighted by molar-refractivity contribution is 5.51. The molecule has 0 spiro atoms. The Bertz CT molecular complexity index is 354. The Labute approximate surface area is 116 Å². The summed E-state index contributed by atoms with van der Waals surface area (Å²) >= 11 is 0. The lowest BCUT2D eigenvalue weighted by Gasteiger charge is -2.15. The number of ether oxygens (including phenoxy) is 2. The molecule has 0 aromatic heterocycles. The number of hydrogen-bond donors (Lipinski definition) is 1. The molecule has 0 aliphatic carbocycles. The molecule has 1 aromatic rings. The van der Waals surface area contributed by atoms with Gasteiger partial charge < -0.3 is 27.6 Å². The third kappa shape index (κ3) is 6.01. The molecule has 0 amide bonds. The van der Waals surface area contributed by atoms with Crippen LogP contribution in [0.15, 0.2) is 18.2 Å². The molecule has 1 rings (SSSR count). The van der Waals surface area contributed by atoms with Crippen LogP contribution in [0.25, 0.3) is 0 Å². The van der Waals surface area contributed by atoms with Crippen molar-refractivity contribution in [3.8, 4) is 11.5 Å². The van der Waals surface area contributed by atoms with E-state index in [1.165, 1.54) is 0 Å². The summed E-state index contributed by atoms with van der Waals surface area (Å²) in [5, 5.41) is 0. The molecule has 3 nitrogen and oxygen atoms in total. The lowest BCUT2D eigenvalue weighted by molar-refractivity contribution is -0.00000447. The van der Waals surface area contributed by atoms with Crippen molar-refractivity contribution in [2.24, 2.45) is 11.8 Å². The van der Waals surface area contributed by atoms with Crippen LogP contribution in [0.3, 0.4) is 0 Å². The minimum Gasteiger partial charge on any atom is -1.00 e. The summed E-state index contributed by atoms with van der Waals surface area (Å²) in [6, 6.07) is 5.52. The van der Waals surface area contributed by atoms with Gasteiger partial charge in [0.1, 0.15) is 0 Å². The standard InChI is InChI=1S/C14H23NO2.ClH/c1-10(2)8-16-13-6-5-12(15)7-14(13)17-9-11(3)4;/h5-7,10-11H,8-9,15H2,1-4H3;1H/p-1. The predicted molar refractivity (Wildman–Crippen MR) is 71.5 cm³/mol. The fraction of sp³-hybridized carbons (Fsp3) is 0.571. The minimum absolute atomic E-state index is 0. The summed E-state index contributed by atoms with van der Waals surface area (Å²) in [5.74, 6) is 2.48. The second-order valence-electron chi connectivity index (χ2n) is 5.12. The molecule has 0 heterocycles. The van der Waals surface area contributed by atoms with Crippen LogP contribution in [-0.2, 0) is 0 Å². The van der Waals surface area contributed by atoms with E-state index in [1.54, 1.807) is 0 Å². The Morgan fingerprint density at radius 3 is 1.94 bits per heavy atom. The zero-order chi connectivity index (χ0) is 12.8. The van der Waals surface area contributed by atoms with Crippen LogP contribution in [0.5, 0.6) is 11.5 Å². The molecule has 2 N–H and O–H groups in total. The second kappa shape index (κ2) is 8.09. The van der Waals surface area contributed by atoms with Crippen molar-refractivity contribution in [3.63, 3.8) is 0 Å². The molecular weight excluding hydrogens is 250 g/mol. The van der Waals surface area contributed by atoms with E-state index >= 15 is 0 Å². The number of nitrogen functional groups attached to an aromatic ring is 1. The quantitative estimate of drug-likeness (QED) is 0.760. The molecule has 0 atom stereocenters. The predicted octanol–water partition coefficient (Wildman–Crippen LogP) is 0.342. The van der Waals surface area contributed by atoms with Crippen LogP contribution in [0, 0.1) is 11.8 Å². The van der Waals surface area contributed by atoms with Crippen LogP contribution in [0.1, 0.15) is 27.7 Å². The van der Waals surface area contributed by atoms with Gasteiger partial charge in [-0.2, -0.15) is 0 Å². The van der Waals surface area contributed by atoms with Gasteiger partial charge in [-0.05, 0) is 24.0 Å². The minimum atomic E-state index is 0. The maximum absolute atomic E-state index is 5.75. The summed E-state index contributed by atoms with van der Waals surface area (Å²) in [4.78, 5) is 0.